The largest absolute Gasteiger partial charge is 0.508 e. The molecule has 0 aliphatic rings. The molecule has 1 aromatic heterocycles. The minimum absolute atomic E-state index is 0.0124. The lowest BCUT2D eigenvalue weighted by atomic mass is 10.1. The van der Waals surface area contributed by atoms with Gasteiger partial charge in [0.15, 0.2) is 17.3 Å². The second-order valence-electron chi connectivity index (χ2n) is 7.09. The van der Waals surface area contributed by atoms with Crippen LogP contribution in [0.25, 0.3) is 22.3 Å². The molecule has 10 nitrogen and oxygen atoms in total. The van der Waals surface area contributed by atoms with Crippen LogP contribution in [0.4, 0.5) is 0 Å². The van der Waals surface area contributed by atoms with Gasteiger partial charge in [-0.3, -0.25) is 4.79 Å². The van der Waals surface area contributed by atoms with Gasteiger partial charge in [-0.15, -0.1) is 0 Å². The molecule has 0 atom stereocenters. The Balaban J connectivity index is 1.87. The summed E-state index contributed by atoms with van der Waals surface area (Å²) in [5.41, 5.74) is -0.912. The predicted molar refractivity (Wildman–Crippen MR) is 117 cm³/mol. The molecule has 0 aliphatic heterocycles. The topological polar surface area (TPSA) is 164 Å². The molecule has 10 heteroatoms. The lowest BCUT2D eigenvalue weighted by molar-refractivity contribution is 0.0599. The molecule has 0 amide bonds. The van der Waals surface area contributed by atoms with Crippen LogP contribution in [0.2, 0.25) is 0 Å². The maximum Gasteiger partial charge on any atom is 0.343 e. The summed E-state index contributed by atoms with van der Waals surface area (Å²) in [6, 6.07) is 10.7. The van der Waals surface area contributed by atoms with Crippen molar-refractivity contribution in [1.82, 2.24) is 0 Å². The summed E-state index contributed by atoms with van der Waals surface area (Å²) < 4.78 is 15.6. The molecule has 4 rings (SSSR count). The van der Waals surface area contributed by atoms with E-state index in [0.29, 0.717) is 0 Å². The molecule has 0 bridgehead atoms. The first-order valence-corrected chi connectivity index (χ1v) is 9.65. The maximum atomic E-state index is 13.2. The second kappa shape index (κ2) is 8.51. The number of carbonyl (C=O) groups is 2. The van der Waals surface area contributed by atoms with Crippen LogP contribution in [0, 0.1) is 0 Å². The second-order valence-corrected chi connectivity index (χ2v) is 7.09. The quantitative estimate of drug-likeness (QED) is 0.260. The van der Waals surface area contributed by atoms with E-state index in [-0.39, 0.29) is 39.2 Å². The fourth-order valence-electron chi connectivity index (χ4n) is 3.23. The van der Waals surface area contributed by atoms with Crippen LogP contribution in [-0.4, -0.2) is 39.5 Å². The van der Waals surface area contributed by atoms with Crippen LogP contribution in [0.15, 0.2) is 63.8 Å². The van der Waals surface area contributed by atoms with E-state index in [1.54, 1.807) is 0 Å². The Labute approximate surface area is 190 Å². The summed E-state index contributed by atoms with van der Waals surface area (Å²) in [4.78, 5) is 37.6. The van der Waals surface area contributed by atoms with Gasteiger partial charge in [-0.2, -0.15) is 0 Å². The SMILES string of the molecule is COC(=O)c1ccc(C(=O)Oc2c(-c3ccc(O)c(O)c3)oc3cc(O)cc(O)c3c2=O)cc1. The summed E-state index contributed by atoms with van der Waals surface area (Å²) >= 11 is 0. The first-order valence-electron chi connectivity index (χ1n) is 9.65. The zero-order valence-electron chi connectivity index (χ0n) is 17.4. The molecule has 3 aromatic carbocycles. The highest BCUT2D eigenvalue weighted by atomic mass is 16.5. The van der Waals surface area contributed by atoms with Crippen molar-refractivity contribution in [3.63, 3.8) is 0 Å². The molecule has 0 spiro atoms. The number of fused-ring (bicyclic) bond motifs is 1. The molecule has 172 valence electrons. The van der Waals surface area contributed by atoms with Crippen molar-refractivity contribution in [3.05, 3.63) is 75.9 Å². The summed E-state index contributed by atoms with van der Waals surface area (Å²) in [6.45, 7) is 0. The highest BCUT2D eigenvalue weighted by molar-refractivity contribution is 5.96. The van der Waals surface area contributed by atoms with Gasteiger partial charge < -0.3 is 34.3 Å². The van der Waals surface area contributed by atoms with Crippen molar-refractivity contribution in [1.29, 1.82) is 0 Å². The third kappa shape index (κ3) is 3.95. The molecular formula is C24H16O10. The average molecular weight is 464 g/mol. The molecule has 0 fully saturated rings. The third-order valence-electron chi connectivity index (χ3n) is 4.89. The number of phenolic OH excluding ortho intramolecular Hbond substituents is 4. The molecule has 0 aliphatic carbocycles. The summed E-state index contributed by atoms with van der Waals surface area (Å²) in [5.74, 6) is -4.47. The van der Waals surface area contributed by atoms with Crippen LogP contribution >= 0.6 is 0 Å². The fourth-order valence-corrected chi connectivity index (χ4v) is 3.23. The van der Waals surface area contributed by atoms with E-state index >= 15 is 0 Å². The number of rotatable bonds is 4. The highest BCUT2D eigenvalue weighted by Crippen LogP contribution is 2.38. The van der Waals surface area contributed by atoms with Crippen molar-refractivity contribution in [3.8, 4) is 40.1 Å². The molecule has 4 N–H and O–H groups in total. The number of aromatic hydroxyl groups is 4. The molecule has 0 saturated carbocycles. The van der Waals surface area contributed by atoms with Crippen LogP contribution in [0.5, 0.6) is 28.7 Å². The van der Waals surface area contributed by atoms with Gasteiger partial charge in [0.05, 0.1) is 18.2 Å². The number of hydrogen-bond donors (Lipinski definition) is 4. The van der Waals surface area contributed by atoms with Crippen LogP contribution in [-0.2, 0) is 4.74 Å². The lowest BCUT2D eigenvalue weighted by Crippen LogP contribution is -2.16. The molecule has 34 heavy (non-hydrogen) atoms. The predicted octanol–water partition coefficient (Wildman–Crippen LogP) is 3.29. The zero-order valence-corrected chi connectivity index (χ0v) is 17.4. The fraction of sp³-hybridized carbons (Fsp3) is 0.0417. The number of esters is 2. The highest BCUT2D eigenvalue weighted by Gasteiger charge is 2.24. The van der Waals surface area contributed by atoms with Gasteiger partial charge in [-0.25, -0.2) is 9.59 Å². The summed E-state index contributed by atoms with van der Waals surface area (Å²) in [5, 5.41) is 39.1. The van der Waals surface area contributed by atoms with Crippen molar-refractivity contribution in [2.24, 2.45) is 0 Å². The first-order chi connectivity index (χ1) is 16.2. The summed E-state index contributed by atoms with van der Waals surface area (Å²) in [7, 11) is 1.21. The third-order valence-corrected chi connectivity index (χ3v) is 4.89. The standard InChI is InChI=1S/C24H16O10/c1-32-23(30)11-2-4-12(5-3-11)24(31)34-22-20(29)19-17(28)9-14(25)10-18(19)33-21(22)13-6-7-15(26)16(27)8-13/h2-10,25-28H,1H3. The maximum absolute atomic E-state index is 13.2. The van der Waals surface area contributed by atoms with Crippen LogP contribution in [0.1, 0.15) is 20.7 Å². The van der Waals surface area contributed by atoms with Crippen LogP contribution < -0.4 is 10.2 Å². The minimum Gasteiger partial charge on any atom is -0.508 e. The van der Waals surface area contributed by atoms with Gasteiger partial charge in [0.25, 0.3) is 0 Å². The Morgan fingerprint density at radius 2 is 1.44 bits per heavy atom. The first kappa shape index (κ1) is 22.2. The average Bonchev–Trinajstić information content (AvgIpc) is 2.81. The van der Waals surface area contributed by atoms with Crippen molar-refractivity contribution < 1.29 is 43.9 Å². The summed E-state index contributed by atoms with van der Waals surface area (Å²) in [6.07, 6.45) is 0. The molecule has 0 saturated heterocycles. The van der Waals surface area contributed by atoms with Gasteiger partial charge in [0.1, 0.15) is 22.5 Å². The van der Waals surface area contributed by atoms with Gasteiger partial charge in [-0.1, -0.05) is 0 Å². The van der Waals surface area contributed by atoms with Gasteiger partial charge in [0, 0.05) is 17.7 Å². The molecule has 0 unspecified atom stereocenters. The van der Waals surface area contributed by atoms with Gasteiger partial charge >= 0.3 is 11.9 Å². The Bertz CT molecular complexity index is 1500. The normalized spacial score (nSPS) is 10.7. The van der Waals surface area contributed by atoms with E-state index in [1.807, 2.05) is 0 Å². The Hall–Kier alpha value is -4.99. The van der Waals surface area contributed by atoms with Crippen molar-refractivity contribution in [2.75, 3.05) is 7.11 Å². The van der Waals surface area contributed by atoms with E-state index in [1.165, 1.54) is 37.4 Å². The van der Waals surface area contributed by atoms with E-state index in [2.05, 4.69) is 4.74 Å². The van der Waals surface area contributed by atoms with E-state index in [4.69, 9.17) is 9.15 Å². The lowest BCUT2D eigenvalue weighted by Gasteiger charge is -2.12. The van der Waals surface area contributed by atoms with E-state index in [0.717, 1.165) is 24.3 Å². The molecule has 4 aromatic rings. The minimum atomic E-state index is -0.981. The Morgan fingerprint density at radius 1 is 0.794 bits per heavy atom. The monoisotopic (exact) mass is 464 g/mol. The number of methoxy groups -OCH3 is 1. The van der Waals surface area contributed by atoms with E-state index in [9.17, 15) is 34.8 Å². The smallest absolute Gasteiger partial charge is 0.343 e. The number of carbonyl (C=O) groups excluding carboxylic acids is 2. The number of phenols is 4. The van der Waals surface area contributed by atoms with Crippen LogP contribution in [0.3, 0.4) is 0 Å². The Kier molecular flexibility index (Phi) is 5.56. The zero-order chi connectivity index (χ0) is 24.6. The number of hydrogen-bond acceptors (Lipinski definition) is 10. The molecule has 1 heterocycles. The Morgan fingerprint density at radius 3 is 2.06 bits per heavy atom. The molecular weight excluding hydrogens is 448 g/mol. The van der Waals surface area contributed by atoms with Crippen molar-refractivity contribution in [2.45, 2.75) is 0 Å². The number of ether oxygens (including phenoxy) is 2. The van der Waals surface area contributed by atoms with Gasteiger partial charge in [0.2, 0.25) is 11.2 Å². The van der Waals surface area contributed by atoms with Gasteiger partial charge in [-0.05, 0) is 42.5 Å². The molecule has 0 radical (unpaired) electrons. The van der Waals surface area contributed by atoms with E-state index < -0.39 is 40.4 Å². The van der Waals surface area contributed by atoms with Crippen molar-refractivity contribution >= 4 is 22.9 Å². The number of benzene rings is 3.